The molecule has 0 aromatic heterocycles. The summed E-state index contributed by atoms with van der Waals surface area (Å²) in [7, 11) is 0. The molecule has 0 atom stereocenters. The van der Waals surface area contributed by atoms with Gasteiger partial charge in [-0.05, 0) is 67.1 Å². The summed E-state index contributed by atoms with van der Waals surface area (Å²) in [4.78, 5) is 37.7. The van der Waals surface area contributed by atoms with Gasteiger partial charge in [-0.2, -0.15) is 0 Å². The van der Waals surface area contributed by atoms with Gasteiger partial charge in [-0.3, -0.25) is 14.4 Å². The van der Waals surface area contributed by atoms with Crippen molar-refractivity contribution in [2.45, 2.75) is 39.5 Å². The van der Waals surface area contributed by atoms with E-state index in [-0.39, 0.29) is 5.91 Å². The first-order valence-corrected chi connectivity index (χ1v) is 10.8. The lowest BCUT2D eigenvalue weighted by Crippen LogP contribution is -2.36. The second-order valence-electron chi connectivity index (χ2n) is 7.77. The number of fused-ring (bicyclic) bond motifs is 1. The van der Waals surface area contributed by atoms with Gasteiger partial charge in [0.2, 0.25) is 5.91 Å². The van der Waals surface area contributed by atoms with Crippen LogP contribution < -0.4 is 20.9 Å². The molecule has 1 aliphatic heterocycles. The smallest absolute Gasteiger partial charge is 0.313 e. The van der Waals surface area contributed by atoms with E-state index in [1.807, 2.05) is 0 Å². The fraction of sp³-hybridized carbons (Fsp3) is 0.375. The van der Waals surface area contributed by atoms with Crippen LogP contribution in [0.1, 0.15) is 37.8 Å². The maximum absolute atomic E-state index is 12.1. The van der Waals surface area contributed by atoms with Crippen molar-refractivity contribution in [1.82, 2.24) is 5.32 Å². The van der Waals surface area contributed by atoms with E-state index in [9.17, 15) is 14.4 Å². The van der Waals surface area contributed by atoms with Gasteiger partial charge in [0.25, 0.3) is 0 Å². The Kier molecular flexibility index (Phi) is 7.65. The third kappa shape index (κ3) is 6.31. The molecule has 0 radical (unpaired) electrons. The van der Waals surface area contributed by atoms with E-state index in [1.165, 1.54) is 24.6 Å². The molecule has 3 rings (SSSR count). The standard InChI is InChI=1S/C24H30N4O3/c1-3-14-28-15-4-5-19-16-18(6-11-22(19)28)12-13-25-23(30)24(31)27-21-9-7-20(8-10-21)26-17(2)29/h6-11,16H,3-5,12-15H2,1-2H3,(H,25,30)(H,26,29)(H,27,31). The molecule has 1 heterocycles. The topological polar surface area (TPSA) is 90.5 Å². The molecule has 3 amide bonds. The molecule has 0 saturated carbocycles. The van der Waals surface area contributed by atoms with Crippen LogP contribution in [-0.4, -0.2) is 37.4 Å². The van der Waals surface area contributed by atoms with Crippen LogP contribution in [0.25, 0.3) is 0 Å². The van der Waals surface area contributed by atoms with Crippen molar-refractivity contribution in [2.75, 3.05) is 35.2 Å². The highest BCUT2D eigenvalue weighted by Gasteiger charge is 2.17. The van der Waals surface area contributed by atoms with E-state index in [0.717, 1.165) is 31.5 Å². The zero-order valence-corrected chi connectivity index (χ0v) is 18.2. The molecule has 0 fully saturated rings. The largest absolute Gasteiger partial charge is 0.371 e. The third-order valence-electron chi connectivity index (χ3n) is 5.22. The summed E-state index contributed by atoms with van der Waals surface area (Å²) in [5.41, 5.74) is 4.96. The minimum absolute atomic E-state index is 0.173. The summed E-state index contributed by atoms with van der Waals surface area (Å²) in [6.07, 6.45) is 4.05. The van der Waals surface area contributed by atoms with Crippen LogP contribution in [-0.2, 0) is 27.2 Å². The number of benzene rings is 2. The molecule has 0 spiro atoms. The van der Waals surface area contributed by atoms with E-state index in [4.69, 9.17) is 0 Å². The van der Waals surface area contributed by atoms with Gasteiger partial charge < -0.3 is 20.9 Å². The molecule has 164 valence electrons. The highest BCUT2D eigenvalue weighted by Crippen LogP contribution is 2.28. The number of amides is 3. The Morgan fingerprint density at radius 1 is 0.968 bits per heavy atom. The number of carbonyl (C=O) groups excluding carboxylic acids is 3. The Balaban J connectivity index is 1.47. The van der Waals surface area contributed by atoms with Crippen LogP contribution >= 0.6 is 0 Å². The lowest BCUT2D eigenvalue weighted by Gasteiger charge is -2.31. The van der Waals surface area contributed by atoms with Gasteiger partial charge in [0.05, 0.1) is 0 Å². The maximum Gasteiger partial charge on any atom is 0.313 e. The number of rotatable bonds is 7. The summed E-state index contributed by atoms with van der Waals surface area (Å²) in [5.74, 6) is -1.56. The second kappa shape index (κ2) is 10.6. The number of nitrogens with one attached hydrogen (secondary N) is 3. The third-order valence-corrected chi connectivity index (χ3v) is 5.22. The highest BCUT2D eigenvalue weighted by molar-refractivity contribution is 6.39. The molecule has 2 aromatic rings. The van der Waals surface area contributed by atoms with E-state index in [1.54, 1.807) is 24.3 Å². The van der Waals surface area contributed by atoms with E-state index in [0.29, 0.717) is 24.3 Å². The Hall–Kier alpha value is -3.35. The van der Waals surface area contributed by atoms with Gasteiger partial charge in [0.15, 0.2) is 0 Å². The van der Waals surface area contributed by atoms with Crippen LogP contribution in [0, 0.1) is 0 Å². The molecule has 0 bridgehead atoms. The molecule has 2 aromatic carbocycles. The lowest BCUT2D eigenvalue weighted by atomic mass is 9.98. The van der Waals surface area contributed by atoms with Crippen molar-refractivity contribution in [1.29, 1.82) is 0 Å². The summed E-state index contributed by atoms with van der Waals surface area (Å²) in [5, 5.41) is 7.88. The van der Waals surface area contributed by atoms with Crippen molar-refractivity contribution < 1.29 is 14.4 Å². The lowest BCUT2D eigenvalue weighted by molar-refractivity contribution is -0.136. The van der Waals surface area contributed by atoms with E-state index >= 15 is 0 Å². The summed E-state index contributed by atoms with van der Waals surface area (Å²) in [6, 6.07) is 13.1. The minimum Gasteiger partial charge on any atom is -0.371 e. The second-order valence-corrected chi connectivity index (χ2v) is 7.77. The number of carbonyl (C=O) groups is 3. The van der Waals surface area contributed by atoms with Crippen molar-refractivity contribution in [3.8, 4) is 0 Å². The number of hydrogen-bond acceptors (Lipinski definition) is 4. The van der Waals surface area contributed by atoms with E-state index in [2.05, 4.69) is 46.0 Å². The predicted octanol–water partition coefficient (Wildman–Crippen LogP) is 3.11. The fourth-order valence-corrected chi connectivity index (χ4v) is 3.81. The molecule has 7 nitrogen and oxygen atoms in total. The van der Waals surface area contributed by atoms with Crippen LogP contribution in [0.2, 0.25) is 0 Å². The first kappa shape index (κ1) is 22.3. The maximum atomic E-state index is 12.1. The van der Waals surface area contributed by atoms with Crippen molar-refractivity contribution in [2.24, 2.45) is 0 Å². The minimum atomic E-state index is -0.715. The van der Waals surface area contributed by atoms with Crippen molar-refractivity contribution in [3.05, 3.63) is 53.6 Å². The van der Waals surface area contributed by atoms with Gasteiger partial charge in [0, 0.05) is 43.6 Å². The van der Waals surface area contributed by atoms with Crippen LogP contribution in [0.15, 0.2) is 42.5 Å². The predicted molar refractivity (Wildman–Crippen MR) is 123 cm³/mol. The zero-order chi connectivity index (χ0) is 22.2. The summed E-state index contributed by atoms with van der Waals surface area (Å²) < 4.78 is 0. The SMILES string of the molecule is CCCN1CCCc2cc(CCNC(=O)C(=O)Nc3ccc(NC(C)=O)cc3)ccc21. The zero-order valence-electron chi connectivity index (χ0n) is 18.2. The van der Waals surface area contributed by atoms with Crippen molar-refractivity contribution >= 4 is 34.8 Å². The molecular weight excluding hydrogens is 392 g/mol. The Morgan fingerprint density at radius 2 is 1.68 bits per heavy atom. The summed E-state index contributed by atoms with van der Waals surface area (Å²) >= 11 is 0. The normalized spacial score (nSPS) is 12.6. The number of hydrogen-bond donors (Lipinski definition) is 3. The highest BCUT2D eigenvalue weighted by atomic mass is 16.2. The van der Waals surface area contributed by atoms with Gasteiger partial charge in [-0.15, -0.1) is 0 Å². The number of nitrogens with zero attached hydrogens (tertiary/aromatic N) is 1. The Morgan fingerprint density at radius 3 is 2.35 bits per heavy atom. The van der Waals surface area contributed by atoms with Crippen LogP contribution in [0.3, 0.4) is 0 Å². The van der Waals surface area contributed by atoms with Crippen LogP contribution in [0.4, 0.5) is 17.1 Å². The van der Waals surface area contributed by atoms with Gasteiger partial charge >= 0.3 is 11.8 Å². The van der Waals surface area contributed by atoms with Gasteiger partial charge in [-0.25, -0.2) is 0 Å². The molecule has 1 aliphatic rings. The van der Waals surface area contributed by atoms with Gasteiger partial charge in [0.1, 0.15) is 0 Å². The number of anilines is 3. The average Bonchev–Trinajstić information content (AvgIpc) is 2.75. The first-order chi connectivity index (χ1) is 15.0. The summed E-state index contributed by atoms with van der Waals surface area (Å²) in [6.45, 7) is 6.20. The average molecular weight is 423 g/mol. The van der Waals surface area contributed by atoms with Crippen molar-refractivity contribution in [3.63, 3.8) is 0 Å². The molecule has 0 unspecified atom stereocenters. The molecule has 0 saturated heterocycles. The molecule has 31 heavy (non-hydrogen) atoms. The van der Waals surface area contributed by atoms with E-state index < -0.39 is 11.8 Å². The monoisotopic (exact) mass is 422 g/mol. The van der Waals surface area contributed by atoms with Crippen LogP contribution in [0.5, 0.6) is 0 Å². The number of aryl methyl sites for hydroxylation is 1. The Labute approximate surface area is 183 Å². The van der Waals surface area contributed by atoms with Gasteiger partial charge in [-0.1, -0.05) is 19.1 Å². The molecular formula is C24H30N4O3. The fourth-order valence-electron chi connectivity index (χ4n) is 3.81. The molecule has 7 heteroatoms. The molecule has 3 N–H and O–H groups in total. The molecule has 0 aliphatic carbocycles. The quantitative estimate of drug-likeness (QED) is 0.598. The Bertz CT molecular complexity index is 940. The first-order valence-electron chi connectivity index (χ1n) is 10.8.